The van der Waals surface area contributed by atoms with Gasteiger partial charge in [0.2, 0.25) is 5.91 Å². The Labute approximate surface area is 160 Å². The molecular weight excluding hydrogens is 392 g/mol. The molecule has 1 saturated heterocycles. The molecule has 0 saturated carbocycles. The lowest BCUT2D eigenvalue weighted by Gasteiger charge is -2.30. The molecule has 0 aliphatic carbocycles. The zero-order valence-corrected chi connectivity index (χ0v) is 15.9. The quantitative estimate of drug-likeness (QED) is 0.570. The van der Waals surface area contributed by atoms with Gasteiger partial charge in [-0.15, -0.1) is 0 Å². The van der Waals surface area contributed by atoms with Gasteiger partial charge < -0.3 is 9.32 Å². The van der Waals surface area contributed by atoms with Gasteiger partial charge in [0, 0.05) is 23.6 Å². The molecule has 1 atom stereocenters. The molecule has 1 fully saturated rings. The number of piperidine rings is 1. The highest BCUT2D eigenvalue weighted by atomic mass is 79.9. The van der Waals surface area contributed by atoms with E-state index in [1.165, 1.54) is 0 Å². The first-order valence-electron chi connectivity index (χ1n) is 8.78. The first-order valence-corrected chi connectivity index (χ1v) is 9.57. The largest absolute Gasteiger partial charge is 0.440 e. The molecule has 3 aromatic rings. The predicted octanol–water partition coefficient (Wildman–Crippen LogP) is 5.01. The Balaban J connectivity index is 1.47. The monoisotopic (exact) mass is 410 g/mol. The summed E-state index contributed by atoms with van der Waals surface area (Å²) >= 11 is 3.50. The number of oxazole rings is 1. The van der Waals surface area contributed by atoms with Crippen molar-refractivity contribution >= 4 is 39.0 Å². The maximum Gasteiger partial charge on any atom is 0.246 e. The van der Waals surface area contributed by atoms with Gasteiger partial charge in [-0.05, 0) is 42.7 Å². The lowest BCUT2D eigenvalue weighted by Crippen LogP contribution is -2.38. The van der Waals surface area contributed by atoms with Gasteiger partial charge in [-0.1, -0.05) is 46.3 Å². The summed E-state index contributed by atoms with van der Waals surface area (Å²) in [7, 11) is 0. The third-order valence-corrected chi connectivity index (χ3v) is 5.43. The molecule has 2 heterocycles. The Bertz CT molecular complexity index is 930. The van der Waals surface area contributed by atoms with Crippen LogP contribution in [0, 0.1) is 0 Å². The molecular formula is C21H19BrN2O2. The van der Waals surface area contributed by atoms with Crippen molar-refractivity contribution in [1.82, 2.24) is 9.88 Å². The molecule has 1 aromatic heterocycles. The molecule has 0 radical (unpaired) electrons. The average molecular weight is 411 g/mol. The Morgan fingerprint density at radius 1 is 1.19 bits per heavy atom. The summed E-state index contributed by atoms with van der Waals surface area (Å²) in [6, 6.07) is 15.6. The Morgan fingerprint density at radius 2 is 2.00 bits per heavy atom. The van der Waals surface area contributed by atoms with Gasteiger partial charge in [0.25, 0.3) is 0 Å². The number of likely N-dealkylation sites (tertiary alicyclic amines) is 1. The van der Waals surface area contributed by atoms with Crippen LogP contribution in [0.25, 0.3) is 17.2 Å². The Hall–Kier alpha value is -2.40. The Morgan fingerprint density at radius 3 is 2.85 bits per heavy atom. The summed E-state index contributed by atoms with van der Waals surface area (Å²) in [5, 5.41) is 0. The van der Waals surface area contributed by atoms with Crippen molar-refractivity contribution < 1.29 is 9.21 Å². The number of para-hydroxylation sites is 2. The van der Waals surface area contributed by atoms with E-state index in [1.54, 1.807) is 6.08 Å². The normalized spacial score (nSPS) is 17.9. The number of amides is 1. The van der Waals surface area contributed by atoms with Gasteiger partial charge in [0.15, 0.2) is 11.5 Å². The third kappa shape index (κ3) is 3.58. The summed E-state index contributed by atoms with van der Waals surface area (Å²) in [6.45, 7) is 1.42. The number of benzene rings is 2. The molecule has 1 aliphatic heterocycles. The van der Waals surface area contributed by atoms with Gasteiger partial charge in [0.05, 0.1) is 5.92 Å². The smallest absolute Gasteiger partial charge is 0.246 e. The van der Waals surface area contributed by atoms with E-state index in [0.717, 1.165) is 46.4 Å². The molecule has 4 rings (SSSR count). The zero-order chi connectivity index (χ0) is 17.9. The third-order valence-electron chi connectivity index (χ3n) is 4.70. The minimum absolute atomic E-state index is 0.0292. The van der Waals surface area contributed by atoms with Crippen LogP contribution in [0.1, 0.15) is 30.2 Å². The Kier molecular flexibility index (Phi) is 4.89. The van der Waals surface area contributed by atoms with E-state index in [9.17, 15) is 4.79 Å². The number of halogens is 1. The molecule has 0 bridgehead atoms. The van der Waals surface area contributed by atoms with E-state index in [2.05, 4.69) is 20.9 Å². The van der Waals surface area contributed by atoms with Crippen LogP contribution >= 0.6 is 15.9 Å². The van der Waals surface area contributed by atoms with Crippen LogP contribution in [0.4, 0.5) is 0 Å². The first-order chi connectivity index (χ1) is 12.7. The van der Waals surface area contributed by atoms with Gasteiger partial charge in [-0.2, -0.15) is 0 Å². The summed E-state index contributed by atoms with van der Waals surface area (Å²) in [6.07, 6.45) is 5.45. The molecule has 0 spiro atoms. The first kappa shape index (κ1) is 17.0. The van der Waals surface area contributed by atoms with E-state index in [0.29, 0.717) is 6.54 Å². The van der Waals surface area contributed by atoms with Gasteiger partial charge in [-0.25, -0.2) is 4.98 Å². The van der Waals surface area contributed by atoms with Gasteiger partial charge in [0.1, 0.15) is 5.52 Å². The molecule has 1 unspecified atom stereocenters. The maximum atomic E-state index is 12.6. The van der Waals surface area contributed by atoms with Crippen molar-refractivity contribution in [3.8, 4) is 0 Å². The van der Waals surface area contributed by atoms with Gasteiger partial charge in [-0.3, -0.25) is 4.79 Å². The van der Waals surface area contributed by atoms with Crippen molar-refractivity contribution in [3.63, 3.8) is 0 Å². The molecule has 4 nitrogen and oxygen atoms in total. The zero-order valence-electron chi connectivity index (χ0n) is 14.3. The van der Waals surface area contributed by atoms with Crippen molar-refractivity contribution in [2.24, 2.45) is 0 Å². The fourth-order valence-corrected chi connectivity index (χ4v) is 3.74. The van der Waals surface area contributed by atoms with E-state index >= 15 is 0 Å². The SMILES string of the molecule is O=C(C=Cc1ccccc1Br)N1CCCC(c2nc3ccccc3o2)C1. The van der Waals surface area contributed by atoms with Crippen molar-refractivity contribution in [2.45, 2.75) is 18.8 Å². The van der Waals surface area contributed by atoms with E-state index in [4.69, 9.17) is 4.42 Å². The molecule has 0 N–H and O–H groups in total. The van der Waals surface area contributed by atoms with E-state index in [1.807, 2.05) is 59.5 Å². The van der Waals surface area contributed by atoms with Crippen molar-refractivity contribution in [2.75, 3.05) is 13.1 Å². The number of rotatable bonds is 3. The topological polar surface area (TPSA) is 46.3 Å². The van der Waals surface area contributed by atoms with Crippen LogP contribution in [0.5, 0.6) is 0 Å². The number of fused-ring (bicyclic) bond motifs is 1. The minimum atomic E-state index is 0.0292. The lowest BCUT2D eigenvalue weighted by molar-refractivity contribution is -0.127. The van der Waals surface area contributed by atoms with E-state index < -0.39 is 0 Å². The number of hydrogen-bond donors (Lipinski definition) is 0. The standard InChI is InChI=1S/C21H19BrN2O2/c22-17-8-2-1-6-15(17)11-12-20(25)24-13-5-7-16(14-24)21-23-18-9-3-4-10-19(18)26-21/h1-4,6,8-12,16H,5,7,13-14H2. The molecule has 1 amide bonds. The van der Waals surface area contributed by atoms with Crippen LogP contribution in [0.15, 0.2) is 63.5 Å². The van der Waals surface area contributed by atoms with Crippen LogP contribution in [-0.4, -0.2) is 28.9 Å². The molecule has 5 heteroatoms. The minimum Gasteiger partial charge on any atom is -0.440 e. The summed E-state index contributed by atoms with van der Waals surface area (Å²) in [4.78, 5) is 19.1. The number of aromatic nitrogens is 1. The molecule has 1 aliphatic rings. The predicted molar refractivity (Wildman–Crippen MR) is 106 cm³/mol. The number of hydrogen-bond acceptors (Lipinski definition) is 3. The highest BCUT2D eigenvalue weighted by molar-refractivity contribution is 9.10. The van der Waals surface area contributed by atoms with Crippen molar-refractivity contribution in [1.29, 1.82) is 0 Å². The summed E-state index contributed by atoms with van der Waals surface area (Å²) in [5.74, 6) is 0.914. The van der Waals surface area contributed by atoms with E-state index in [-0.39, 0.29) is 11.8 Å². The number of nitrogens with zero attached hydrogens (tertiary/aromatic N) is 2. The number of carbonyl (C=O) groups is 1. The highest BCUT2D eigenvalue weighted by Crippen LogP contribution is 2.29. The second kappa shape index (κ2) is 7.46. The fraction of sp³-hybridized carbons (Fsp3) is 0.238. The second-order valence-electron chi connectivity index (χ2n) is 6.50. The average Bonchev–Trinajstić information content (AvgIpc) is 3.11. The van der Waals surface area contributed by atoms with Gasteiger partial charge >= 0.3 is 0 Å². The second-order valence-corrected chi connectivity index (χ2v) is 7.35. The molecule has 2 aromatic carbocycles. The molecule has 132 valence electrons. The fourth-order valence-electron chi connectivity index (χ4n) is 3.32. The number of carbonyl (C=O) groups excluding carboxylic acids is 1. The van der Waals surface area contributed by atoms with Crippen molar-refractivity contribution in [3.05, 3.63) is 70.5 Å². The lowest BCUT2D eigenvalue weighted by atomic mass is 9.98. The van der Waals surface area contributed by atoms with Crippen LogP contribution in [0.3, 0.4) is 0 Å². The summed E-state index contributed by atoms with van der Waals surface area (Å²) < 4.78 is 6.89. The summed E-state index contributed by atoms with van der Waals surface area (Å²) in [5.41, 5.74) is 2.67. The van der Waals surface area contributed by atoms with Crippen LogP contribution in [0.2, 0.25) is 0 Å². The molecule has 26 heavy (non-hydrogen) atoms. The maximum absolute atomic E-state index is 12.6. The van der Waals surface area contributed by atoms with Crippen LogP contribution in [-0.2, 0) is 4.79 Å². The van der Waals surface area contributed by atoms with Crippen LogP contribution < -0.4 is 0 Å². The highest BCUT2D eigenvalue weighted by Gasteiger charge is 2.27.